The van der Waals surface area contributed by atoms with Gasteiger partial charge in [-0.1, -0.05) is 6.07 Å². The number of carbonyl (C=O) groups is 2. The summed E-state index contributed by atoms with van der Waals surface area (Å²) in [6.45, 7) is -0.0520. The van der Waals surface area contributed by atoms with E-state index in [1.54, 1.807) is 31.3 Å². The summed E-state index contributed by atoms with van der Waals surface area (Å²) in [7, 11) is -0.0574. The maximum Gasteiger partial charge on any atom is 0.238 e. The lowest BCUT2D eigenvalue weighted by Crippen LogP contribution is -2.46. The highest BCUT2D eigenvalue weighted by Gasteiger charge is 2.37. The van der Waals surface area contributed by atoms with Crippen molar-refractivity contribution in [2.75, 3.05) is 44.1 Å². The van der Waals surface area contributed by atoms with Gasteiger partial charge in [-0.05, 0) is 19.2 Å². The predicted octanol–water partition coefficient (Wildman–Crippen LogP) is 0.0861. The molecule has 1 aromatic rings. The van der Waals surface area contributed by atoms with Crippen LogP contribution in [0.3, 0.4) is 0 Å². The third-order valence-electron chi connectivity index (χ3n) is 3.81. The minimum atomic E-state index is -3.21. The summed E-state index contributed by atoms with van der Waals surface area (Å²) in [5, 5.41) is 4.70. The molecule has 0 bridgehead atoms. The highest BCUT2D eigenvalue weighted by atomic mass is 35.5. The number of sulfone groups is 1. The highest BCUT2D eigenvalue weighted by molar-refractivity contribution is 7.91. The molecular weight excluding hydrogens is 382 g/mol. The molecule has 0 aromatic heterocycles. The molecule has 2 rings (SSSR count). The predicted molar refractivity (Wildman–Crippen MR) is 99.3 cm³/mol. The Kier molecular flexibility index (Phi) is 6.85. The number of nitrogens with one attached hydrogen (secondary N) is 2. The van der Waals surface area contributed by atoms with Crippen LogP contribution in [0.15, 0.2) is 24.3 Å². The number of methoxy groups -OCH3 is 1. The van der Waals surface area contributed by atoms with Crippen LogP contribution in [0.4, 0.5) is 5.69 Å². The van der Waals surface area contributed by atoms with Gasteiger partial charge in [-0.2, -0.15) is 0 Å². The van der Waals surface area contributed by atoms with Crippen LogP contribution in [0.1, 0.15) is 0 Å². The number of likely N-dealkylation sites (N-methyl/N-ethyl adjacent to an activating group) is 1. The van der Waals surface area contributed by atoms with Crippen molar-refractivity contribution in [3.05, 3.63) is 24.3 Å². The van der Waals surface area contributed by atoms with Crippen molar-refractivity contribution in [3.63, 3.8) is 0 Å². The molecule has 1 saturated heterocycles. The summed E-state index contributed by atoms with van der Waals surface area (Å²) in [6, 6.07) is 6.33. The van der Waals surface area contributed by atoms with Crippen molar-refractivity contribution in [3.8, 4) is 5.75 Å². The topological polar surface area (TPSA) is 105 Å². The van der Waals surface area contributed by atoms with E-state index in [-0.39, 0.29) is 36.4 Å². The first kappa shape index (κ1) is 20.5. The number of anilines is 1. The van der Waals surface area contributed by atoms with Crippen molar-refractivity contribution in [2.24, 2.45) is 0 Å². The smallest absolute Gasteiger partial charge is 0.238 e. The monoisotopic (exact) mass is 403 g/mol. The molecule has 0 radical (unpaired) electrons. The summed E-state index contributed by atoms with van der Waals surface area (Å²) in [5.41, 5.74) is 0.591. The van der Waals surface area contributed by atoms with Gasteiger partial charge >= 0.3 is 0 Å². The minimum absolute atomic E-state index is 0.00208. The maximum atomic E-state index is 12.1. The van der Waals surface area contributed by atoms with E-state index >= 15 is 0 Å². The molecule has 10 heteroatoms. The normalized spacial score (nSPS) is 21.4. The Labute approximate surface area is 157 Å². The van der Waals surface area contributed by atoms with E-state index in [4.69, 9.17) is 16.3 Å². The second-order valence-electron chi connectivity index (χ2n) is 6.22. The molecule has 1 heterocycles. The fourth-order valence-corrected chi connectivity index (χ4v) is 5.19. The molecule has 2 amide bonds. The zero-order valence-electron chi connectivity index (χ0n) is 14.6. The molecule has 2 atom stereocenters. The second-order valence-corrected chi connectivity index (χ2v) is 8.93. The summed E-state index contributed by atoms with van der Waals surface area (Å²) >= 11 is 5.96. The zero-order chi connectivity index (χ0) is 19.3. The molecule has 1 aliphatic rings. The number of benzene rings is 1. The summed E-state index contributed by atoms with van der Waals surface area (Å²) in [5.74, 6) is -0.343. The van der Waals surface area contributed by atoms with Gasteiger partial charge in [-0.25, -0.2) is 8.42 Å². The largest absolute Gasteiger partial charge is 0.497 e. The van der Waals surface area contributed by atoms with E-state index in [2.05, 4.69) is 10.6 Å². The Bertz CT molecular complexity index is 771. The van der Waals surface area contributed by atoms with Gasteiger partial charge in [0.1, 0.15) is 5.75 Å². The van der Waals surface area contributed by atoms with E-state index in [1.165, 1.54) is 12.0 Å². The number of carbonyl (C=O) groups excluding carboxylic acids is 2. The van der Waals surface area contributed by atoms with Crippen LogP contribution in [-0.2, 0) is 19.4 Å². The second kappa shape index (κ2) is 8.70. The van der Waals surface area contributed by atoms with E-state index < -0.39 is 21.3 Å². The molecule has 0 aliphatic carbocycles. The summed E-state index contributed by atoms with van der Waals surface area (Å²) < 4.78 is 28.1. The van der Waals surface area contributed by atoms with Gasteiger partial charge in [0, 0.05) is 11.8 Å². The van der Waals surface area contributed by atoms with Gasteiger partial charge in [-0.15, -0.1) is 11.6 Å². The average Bonchev–Trinajstić information content (AvgIpc) is 2.78. The number of ether oxygens (including phenoxy) is 1. The van der Waals surface area contributed by atoms with E-state index in [1.807, 2.05) is 0 Å². The standard InChI is InChI=1S/C16H22ClN3O5S/c1-20(7-15(21)18-11-4-3-5-12(6-11)25-2)8-16(22)19-14-10-26(23,24)9-13(14)17/h3-6,13-14H,7-10H2,1-2H3,(H,18,21)(H,19,22)/t13-,14-/m0/s1. The molecule has 2 N–H and O–H groups in total. The molecule has 26 heavy (non-hydrogen) atoms. The number of amides is 2. The maximum absolute atomic E-state index is 12.1. The van der Waals surface area contributed by atoms with E-state index in [9.17, 15) is 18.0 Å². The highest BCUT2D eigenvalue weighted by Crippen LogP contribution is 2.18. The third-order valence-corrected chi connectivity index (χ3v) is 6.19. The Morgan fingerprint density at radius 2 is 1.96 bits per heavy atom. The SMILES string of the molecule is COc1cccc(NC(=O)CN(C)CC(=O)N[C@H]2CS(=O)(=O)C[C@@H]2Cl)c1. The lowest BCUT2D eigenvalue weighted by Gasteiger charge is -2.19. The first-order valence-corrected chi connectivity index (χ1v) is 10.2. The van der Waals surface area contributed by atoms with Crippen LogP contribution in [0.2, 0.25) is 0 Å². The zero-order valence-corrected chi connectivity index (χ0v) is 16.1. The van der Waals surface area contributed by atoms with Crippen molar-refractivity contribution in [2.45, 2.75) is 11.4 Å². The first-order chi connectivity index (χ1) is 12.2. The Hall–Kier alpha value is -1.84. The van der Waals surface area contributed by atoms with Crippen molar-refractivity contribution in [1.82, 2.24) is 10.2 Å². The van der Waals surface area contributed by atoms with E-state index in [0.29, 0.717) is 11.4 Å². The van der Waals surface area contributed by atoms with Crippen LogP contribution in [-0.4, -0.2) is 75.3 Å². The van der Waals surface area contributed by atoms with Crippen LogP contribution in [0.25, 0.3) is 0 Å². The fraction of sp³-hybridized carbons (Fsp3) is 0.500. The lowest BCUT2D eigenvalue weighted by atomic mass is 10.2. The molecule has 0 unspecified atom stereocenters. The number of halogens is 1. The molecule has 1 aliphatic heterocycles. The van der Waals surface area contributed by atoms with Gasteiger partial charge in [0.2, 0.25) is 11.8 Å². The molecule has 0 spiro atoms. The molecule has 1 fully saturated rings. The number of rotatable bonds is 7. The number of hydrogen-bond acceptors (Lipinski definition) is 6. The van der Waals surface area contributed by atoms with Crippen molar-refractivity contribution in [1.29, 1.82) is 0 Å². The van der Waals surface area contributed by atoms with Crippen molar-refractivity contribution >= 4 is 38.9 Å². The number of alkyl halides is 1. The van der Waals surface area contributed by atoms with Crippen LogP contribution < -0.4 is 15.4 Å². The van der Waals surface area contributed by atoms with Gasteiger partial charge in [0.25, 0.3) is 0 Å². The fourth-order valence-electron chi connectivity index (χ4n) is 2.64. The molecule has 1 aromatic carbocycles. The van der Waals surface area contributed by atoms with Gasteiger partial charge in [0.05, 0.1) is 43.1 Å². The first-order valence-electron chi connectivity index (χ1n) is 7.95. The molecule has 8 nitrogen and oxygen atoms in total. The summed E-state index contributed by atoms with van der Waals surface area (Å²) in [6.07, 6.45) is 0. The quantitative estimate of drug-likeness (QED) is 0.625. The van der Waals surface area contributed by atoms with Gasteiger partial charge < -0.3 is 15.4 Å². The molecule has 0 saturated carbocycles. The number of hydrogen-bond donors (Lipinski definition) is 2. The third kappa shape index (κ3) is 6.15. The average molecular weight is 404 g/mol. The van der Waals surface area contributed by atoms with Crippen molar-refractivity contribution < 1.29 is 22.7 Å². The van der Waals surface area contributed by atoms with E-state index in [0.717, 1.165) is 0 Å². The lowest BCUT2D eigenvalue weighted by molar-refractivity contribution is -0.123. The van der Waals surface area contributed by atoms with Crippen LogP contribution in [0.5, 0.6) is 5.75 Å². The summed E-state index contributed by atoms with van der Waals surface area (Å²) in [4.78, 5) is 25.6. The van der Waals surface area contributed by atoms with Gasteiger partial charge in [-0.3, -0.25) is 14.5 Å². The van der Waals surface area contributed by atoms with Crippen LogP contribution in [0, 0.1) is 0 Å². The minimum Gasteiger partial charge on any atom is -0.497 e. The Balaban J connectivity index is 1.79. The Morgan fingerprint density at radius 3 is 2.58 bits per heavy atom. The van der Waals surface area contributed by atoms with Crippen LogP contribution >= 0.6 is 11.6 Å². The molecular formula is C16H22ClN3O5S. The molecule has 144 valence electrons. The van der Waals surface area contributed by atoms with Gasteiger partial charge in [0.15, 0.2) is 9.84 Å². The number of nitrogens with zero attached hydrogens (tertiary/aromatic N) is 1. The Morgan fingerprint density at radius 1 is 1.27 bits per heavy atom.